The van der Waals surface area contributed by atoms with Gasteiger partial charge in [-0.2, -0.15) is 0 Å². The molecule has 48 valence electrons. The number of hydrogen-bond donors (Lipinski definition) is 0. The summed E-state index contributed by atoms with van der Waals surface area (Å²) in [6.07, 6.45) is 1.96. The van der Waals surface area contributed by atoms with Crippen LogP contribution in [0, 0.1) is 12.0 Å². The van der Waals surface area contributed by atoms with E-state index >= 15 is 0 Å². The lowest BCUT2D eigenvalue weighted by atomic mass is 10.3. The topological polar surface area (TPSA) is 35.5 Å². The molecule has 1 unspecified atom stereocenters. The van der Waals surface area contributed by atoms with E-state index in [1.807, 2.05) is 6.92 Å². The maximum Gasteiger partial charge on any atom is 0.523 e. The third-order valence-electron chi connectivity index (χ3n) is 0.964. The highest BCUT2D eigenvalue weighted by Crippen LogP contribution is 2.01. The first-order valence-corrected chi connectivity index (χ1v) is 2.71. The molecule has 0 radical (unpaired) electrons. The van der Waals surface area contributed by atoms with E-state index in [0.717, 1.165) is 0 Å². The molecule has 0 aromatic heterocycles. The minimum absolute atomic E-state index is 0.272. The van der Waals surface area contributed by atoms with Gasteiger partial charge in [-0.25, -0.2) is 4.79 Å². The van der Waals surface area contributed by atoms with Gasteiger partial charge in [0.1, 0.15) is 6.11 Å². The summed E-state index contributed by atoms with van der Waals surface area (Å²) in [4.78, 5) is 10.3. The SMILES string of the molecule is CCC1C#COC(=O)O1. The molecule has 3 heteroatoms. The van der Waals surface area contributed by atoms with Gasteiger partial charge in [-0.3, -0.25) is 0 Å². The Labute approximate surface area is 52.9 Å². The fourth-order valence-corrected chi connectivity index (χ4v) is 0.492. The predicted octanol–water partition coefficient (Wildman–Crippen LogP) is 0.893. The molecule has 1 rings (SSSR count). The molecule has 0 saturated heterocycles. The maximum absolute atomic E-state index is 10.3. The normalized spacial score (nSPS) is 23.2. The molecule has 0 aliphatic carbocycles. The zero-order chi connectivity index (χ0) is 6.69. The van der Waals surface area contributed by atoms with E-state index in [1.54, 1.807) is 0 Å². The summed E-state index contributed by atoms with van der Waals surface area (Å²) in [5.74, 6) is 2.58. The molecule has 1 aliphatic heterocycles. The second kappa shape index (κ2) is 2.40. The van der Waals surface area contributed by atoms with Gasteiger partial charge in [0.05, 0.1) is 0 Å². The molecular weight excluding hydrogens is 120 g/mol. The van der Waals surface area contributed by atoms with Crippen LogP contribution in [0.1, 0.15) is 13.3 Å². The summed E-state index contributed by atoms with van der Waals surface area (Å²) >= 11 is 0. The summed E-state index contributed by atoms with van der Waals surface area (Å²) in [6.45, 7) is 1.89. The average Bonchev–Trinajstić information content (AvgIpc) is 1.88. The molecule has 0 N–H and O–H groups in total. The molecule has 0 aromatic rings. The highest BCUT2D eigenvalue weighted by molar-refractivity contribution is 5.63. The third kappa shape index (κ3) is 1.36. The molecule has 1 atom stereocenters. The van der Waals surface area contributed by atoms with Crippen molar-refractivity contribution in [3.8, 4) is 12.0 Å². The van der Waals surface area contributed by atoms with Crippen LogP contribution in [0.2, 0.25) is 0 Å². The maximum atomic E-state index is 10.3. The second-order valence-electron chi connectivity index (χ2n) is 1.61. The molecule has 1 heterocycles. The van der Waals surface area contributed by atoms with Gasteiger partial charge in [0.25, 0.3) is 0 Å². The van der Waals surface area contributed by atoms with Crippen LogP contribution in [0.4, 0.5) is 4.79 Å². The second-order valence-corrected chi connectivity index (χ2v) is 1.61. The number of carbonyl (C=O) groups is 1. The molecule has 0 saturated carbocycles. The number of cyclic esters (lactones) is 2. The molecule has 0 amide bonds. The zero-order valence-electron chi connectivity index (χ0n) is 5.01. The lowest BCUT2D eigenvalue weighted by Crippen LogP contribution is -2.18. The van der Waals surface area contributed by atoms with Crippen molar-refractivity contribution in [2.45, 2.75) is 19.4 Å². The number of carbonyl (C=O) groups excluding carboxylic acids is 1. The summed E-state index contributed by atoms with van der Waals surface area (Å²) in [7, 11) is 0. The van der Waals surface area contributed by atoms with Gasteiger partial charge in [0.2, 0.25) is 0 Å². The first kappa shape index (κ1) is 5.96. The lowest BCUT2D eigenvalue weighted by Gasteiger charge is -2.09. The summed E-state index contributed by atoms with van der Waals surface area (Å²) in [5, 5.41) is 0. The Morgan fingerprint density at radius 2 is 2.56 bits per heavy atom. The van der Waals surface area contributed by atoms with Crippen LogP contribution in [0.3, 0.4) is 0 Å². The van der Waals surface area contributed by atoms with Crippen LogP contribution in [0.25, 0.3) is 0 Å². The Balaban J connectivity index is 2.55. The first-order valence-electron chi connectivity index (χ1n) is 2.71. The number of hydrogen-bond acceptors (Lipinski definition) is 3. The Hall–Kier alpha value is -1.17. The Morgan fingerprint density at radius 3 is 3.00 bits per heavy atom. The smallest absolute Gasteiger partial charge is 0.417 e. The number of rotatable bonds is 1. The highest BCUT2D eigenvalue weighted by atomic mass is 16.7. The summed E-state index contributed by atoms with van der Waals surface area (Å²) in [6, 6.07) is 0. The molecule has 0 spiro atoms. The van der Waals surface area contributed by atoms with Gasteiger partial charge < -0.3 is 9.47 Å². The van der Waals surface area contributed by atoms with Crippen LogP contribution < -0.4 is 0 Å². The monoisotopic (exact) mass is 126 g/mol. The van der Waals surface area contributed by atoms with Crippen molar-refractivity contribution in [3.63, 3.8) is 0 Å². The van der Waals surface area contributed by atoms with Gasteiger partial charge in [0, 0.05) is 0 Å². The molecule has 1 aliphatic rings. The average molecular weight is 126 g/mol. The van der Waals surface area contributed by atoms with Crippen LogP contribution in [0.15, 0.2) is 0 Å². The summed E-state index contributed by atoms with van der Waals surface area (Å²) < 4.78 is 8.79. The van der Waals surface area contributed by atoms with E-state index in [-0.39, 0.29) is 6.10 Å². The fraction of sp³-hybridized carbons (Fsp3) is 0.500. The minimum Gasteiger partial charge on any atom is -0.417 e. The molecule has 0 aromatic carbocycles. The predicted molar refractivity (Wildman–Crippen MR) is 29.4 cm³/mol. The summed E-state index contributed by atoms with van der Waals surface area (Å²) in [5.41, 5.74) is 0. The fourth-order valence-electron chi connectivity index (χ4n) is 0.492. The van der Waals surface area contributed by atoms with Crippen LogP contribution in [-0.2, 0) is 9.47 Å². The van der Waals surface area contributed by atoms with Crippen molar-refractivity contribution in [1.29, 1.82) is 0 Å². The van der Waals surface area contributed by atoms with Gasteiger partial charge in [-0.1, -0.05) is 6.92 Å². The van der Waals surface area contributed by atoms with Crippen molar-refractivity contribution in [2.75, 3.05) is 0 Å². The largest absolute Gasteiger partial charge is 0.523 e. The van der Waals surface area contributed by atoms with Crippen molar-refractivity contribution in [2.24, 2.45) is 0 Å². The van der Waals surface area contributed by atoms with Crippen LogP contribution in [-0.4, -0.2) is 12.3 Å². The molecular formula is C6H6O3. The third-order valence-corrected chi connectivity index (χ3v) is 0.964. The minimum atomic E-state index is -0.694. The lowest BCUT2D eigenvalue weighted by molar-refractivity contribution is 0.0614. The van der Waals surface area contributed by atoms with Gasteiger partial charge >= 0.3 is 6.16 Å². The van der Waals surface area contributed by atoms with E-state index in [0.29, 0.717) is 6.42 Å². The van der Waals surface area contributed by atoms with E-state index in [2.05, 4.69) is 21.5 Å². The Bertz CT molecular complexity index is 174. The van der Waals surface area contributed by atoms with Crippen molar-refractivity contribution in [1.82, 2.24) is 0 Å². The van der Waals surface area contributed by atoms with Gasteiger partial charge in [-0.15, -0.1) is 0 Å². The van der Waals surface area contributed by atoms with E-state index in [4.69, 9.17) is 0 Å². The molecule has 9 heavy (non-hydrogen) atoms. The van der Waals surface area contributed by atoms with Crippen LogP contribution >= 0.6 is 0 Å². The van der Waals surface area contributed by atoms with Crippen molar-refractivity contribution >= 4 is 6.16 Å². The van der Waals surface area contributed by atoms with Gasteiger partial charge in [-0.05, 0) is 12.3 Å². The quantitative estimate of drug-likeness (QED) is 0.386. The first-order chi connectivity index (χ1) is 4.33. The molecule has 0 bridgehead atoms. The molecule has 0 fully saturated rings. The standard InChI is InChI=1S/C6H6O3/c1-2-5-3-4-8-6(7)9-5/h5H,2H2,1H3. The molecule has 3 nitrogen and oxygen atoms in total. The Kier molecular flexibility index (Phi) is 1.59. The zero-order valence-corrected chi connectivity index (χ0v) is 5.01. The van der Waals surface area contributed by atoms with Crippen molar-refractivity contribution in [3.05, 3.63) is 0 Å². The number of ether oxygens (including phenoxy) is 2. The van der Waals surface area contributed by atoms with Gasteiger partial charge in [0.15, 0.2) is 6.10 Å². The van der Waals surface area contributed by atoms with Crippen LogP contribution in [0.5, 0.6) is 0 Å². The highest BCUT2D eigenvalue weighted by Gasteiger charge is 2.13. The van der Waals surface area contributed by atoms with E-state index in [1.165, 1.54) is 0 Å². The Morgan fingerprint density at radius 1 is 1.78 bits per heavy atom. The van der Waals surface area contributed by atoms with E-state index < -0.39 is 6.16 Å². The van der Waals surface area contributed by atoms with E-state index in [9.17, 15) is 4.79 Å². The van der Waals surface area contributed by atoms with Crippen molar-refractivity contribution < 1.29 is 14.3 Å².